The predicted molar refractivity (Wildman–Crippen MR) is 162 cm³/mol. The molecular weight excluding hydrogens is 573 g/mol. The van der Waals surface area contributed by atoms with E-state index in [4.69, 9.17) is 20.2 Å². The fraction of sp³-hybridized carbons (Fsp3) is 0.414. The Balaban J connectivity index is 1.61. The summed E-state index contributed by atoms with van der Waals surface area (Å²) < 4.78 is 32.7. The number of hydrogen-bond donors (Lipinski definition) is 2. The van der Waals surface area contributed by atoms with E-state index in [2.05, 4.69) is 37.5 Å². The number of fused-ring (bicyclic) bond motifs is 1. The van der Waals surface area contributed by atoms with E-state index in [0.29, 0.717) is 22.6 Å². The molecule has 13 nitrogen and oxygen atoms in total. The van der Waals surface area contributed by atoms with Gasteiger partial charge in [0.1, 0.15) is 23.5 Å². The van der Waals surface area contributed by atoms with E-state index in [9.17, 15) is 14.5 Å². The molecule has 0 amide bonds. The molecule has 1 unspecified atom stereocenters. The molecule has 2 N–H and O–H groups in total. The van der Waals surface area contributed by atoms with Crippen LogP contribution in [-0.4, -0.2) is 80.8 Å². The highest BCUT2D eigenvalue weighted by atomic mass is 31.2. The van der Waals surface area contributed by atoms with Crippen molar-refractivity contribution >= 4 is 37.0 Å². The van der Waals surface area contributed by atoms with Crippen molar-refractivity contribution in [2.24, 2.45) is 10.4 Å². The Hall–Kier alpha value is -4.08. The van der Waals surface area contributed by atoms with E-state index in [1.54, 1.807) is 66.3 Å². The molecule has 0 bridgehead atoms. The van der Waals surface area contributed by atoms with Gasteiger partial charge in [0, 0.05) is 14.1 Å². The normalized spacial score (nSPS) is 22.4. The van der Waals surface area contributed by atoms with Gasteiger partial charge in [-0.3, -0.25) is 9.32 Å². The summed E-state index contributed by atoms with van der Waals surface area (Å²) in [6.45, 7) is 8.68. The Labute approximate surface area is 250 Å². The van der Waals surface area contributed by atoms with Gasteiger partial charge in [-0.2, -0.15) is 5.09 Å². The van der Waals surface area contributed by atoms with Crippen molar-refractivity contribution in [3.63, 3.8) is 0 Å². The van der Waals surface area contributed by atoms with Gasteiger partial charge in [0.2, 0.25) is 0 Å². The zero-order valence-corrected chi connectivity index (χ0v) is 25.6. The largest absolute Gasteiger partial charge is 0.462 e. The number of rotatable bonds is 12. The van der Waals surface area contributed by atoms with Gasteiger partial charge in [-0.1, -0.05) is 30.7 Å². The minimum absolute atomic E-state index is 0.159. The standard InChI is InChI=1S/C29H36N7O6P/c1-8-29(15-40-43(39,42-22-12-10-9-11-13-22)34-21(5)28(38)41-19(2)3)20(4)23(14-24(29)37)36-18-32-25-26(33-17-35(6)7)30-16-31-27(25)36/h1,9-13,16-19,21,23-24,37H,4,14-15H2,2-3,5-7H3,(H,34,39)/b33-17+/t21-,23-,24-,29-,43?/m0/s1. The summed E-state index contributed by atoms with van der Waals surface area (Å²) in [5.41, 5.74) is -0.0914. The van der Waals surface area contributed by atoms with Crippen LogP contribution in [0, 0.1) is 17.8 Å². The highest BCUT2D eigenvalue weighted by Gasteiger charge is 2.52. The Morgan fingerprint density at radius 1 is 1.33 bits per heavy atom. The Bertz CT molecular complexity index is 1580. The van der Waals surface area contributed by atoms with Gasteiger partial charge in [-0.15, -0.1) is 6.42 Å². The number of aromatic nitrogens is 4. The quantitative estimate of drug-likeness (QED) is 0.0772. The number of aliphatic imine (C=N–C) groups is 1. The fourth-order valence-electron chi connectivity index (χ4n) is 4.62. The number of aliphatic hydroxyl groups excluding tert-OH is 1. The number of hydrogen-bond acceptors (Lipinski definition) is 10. The molecule has 4 rings (SSSR count). The maximum atomic E-state index is 14.1. The maximum Gasteiger partial charge on any atom is 0.459 e. The van der Waals surface area contributed by atoms with Gasteiger partial charge >= 0.3 is 13.7 Å². The van der Waals surface area contributed by atoms with E-state index in [1.165, 1.54) is 13.3 Å². The molecule has 14 heteroatoms. The van der Waals surface area contributed by atoms with Crippen molar-refractivity contribution in [1.29, 1.82) is 0 Å². The van der Waals surface area contributed by atoms with Crippen molar-refractivity contribution < 1.29 is 28.3 Å². The molecule has 5 atom stereocenters. The number of para-hydroxylation sites is 1. The number of imidazole rings is 1. The highest BCUT2D eigenvalue weighted by Crippen LogP contribution is 2.53. The van der Waals surface area contributed by atoms with Crippen LogP contribution in [0.2, 0.25) is 0 Å². The first kappa shape index (κ1) is 31.8. The van der Waals surface area contributed by atoms with Crippen LogP contribution in [0.3, 0.4) is 0 Å². The highest BCUT2D eigenvalue weighted by molar-refractivity contribution is 7.52. The molecule has 1 saturated carbocycles. The average molecular weight is 610 g/mol. The van der Waals surface area contributed by atoms with Gasteiger partial charge in [0.15, 0.2) is 17.0 Å². The lowest BCUT2D eigenvalue weighted by Gasteiger charge is -2.31. The molecule has 1 aliphatic rings. The molecule has 3 aromatic rings. The molecule has 0 aliphatic heterocycles. The van der Waals surface area contributed by atoms with Crippen molar-refractivity contribution in [1.82, 2.24) is 29.5 Å². The topological polar surface area (TPSA) is 153 Å². The van der Waals surface area contributed by atoms with Crippen LogP contribution in [0.15, 0.2) is 60.1 Å². The fourth-order valence-corrected chi connectivity index (χ4v) is 6.15. The van der Waals surface area contributed by atoms with E-state index in [0.717, 1.165) is 0 Å². The number of aliphatic hydroxyl groups is 1. The maximum absolute atomic E-state index is 14.1. The summed E-state index contributed by atoms with van der Waals surface area (Å²) in [6, 6.07) is 6.77. The molecule has 0 radical (unpaired) electrons. The SMILES string of the molecule is C#C[C@]1(COP(=O)(N[C@@H](C)C(=O)OC(C)C)Oc2ccccc2)C(=C)[C@@H](n2cnc3c(/N=C/N(C)C)ncnc32)C[C@@H]1O. The van der Waals surface area contributed by atoms with Crippen LogP contribution < -0.4 is 9.61 Å². The van der Waals surface area contributed by atoms with Gasteiger partial charge in [0.25, 0.3) is 0 Å². The second-order valence-electron chi connectivity index (χ2n) is 10.6. The molecule has 1 aromatic carbocycles. The molecule has 1 fully saturated rings. The zero-order chi connectivity index (χ0) is 31.4. The van der Waals surface area contributed by atoms with E-state index < -0.39 is 43.9 Å². The second-order valence-corrected chi connectivity index (χ2v) is 12.3. The minimum Gasteiger partial charge on any atom is -0.462 e. The summed E-state index contributed by atoms with van der Waals surface area (Å²) in [7, 11) is -0.583. The lowest BCUT2D eigenvalue weighted by atomic mass is 9.82. The Kier molecular flexibility index (Phi) is 9.67. The first-order chi connectivity index (χ1) is 20.4. The first-order valence-corrected chi connectivity index (χ1v) is 15.1. The van der Waals surface area contributed by atoms with Crippen molar-refractivity contribution in [3.8, 4) is 18.1 Å². The van der Waals surface area contributed by atoms with Crippen LogP contribution in [0.4, 0.5) is 5.82 Å². The molecule has 228 valence electrons. The number of carbonyl (C=O) groups excluding carboxylic acids is 1. The monoisotopic (exact) mass is 609 g/mol. The van der Waals surface area contributed by atoms with E-state index >= 15 is 0 Å². The van der Waals surface area contributed by atoms with E-state index in [-0.39, 0.29) is 18.3 Å². The molecule has 2 aromatic heterocycles. The van der Waals surface area contributed by atoms with Crippen LogP contribution in [-0.2, 0) is 18.6 Å². The minimum atomic E-state index is -4.26. The third-order valence-corrected chi connectivity index (χ3v) is 8.45. The number of benzene rings is 1. The number of esters is 1. The molecule has 0 saturated heterocycles. The van der Waals surface area contributed by atoms with Crippen LogP contribution >= 0.6 is 7.75 Å². The molecule has 2 heterocycles. The summed E-state index contributed by atoms with van der Waals surface area (Å²) in [5.74, 6) is 2.60. The number of nitrogens with zero attached hydrogens (tertiary/aromatic N) is 6. The zero-order valence-electron chi connectivity index (χ0n) is 24.7. The van der Waals surface area contributed by atoms with Crippen LogP contribution in [0.1, 0.15) is 33.2 Å². The second kappa shape index (κ2) is 13.1. The molecule has 43 heavy (non-hydrogen) atoms. The number of terminal acetylenes is 1. The van der Waals surface area contributed by atoms with Gasteiger partial charge in [-0.05, 0) is 44.9 Å². The smallest absolute Gasteiger partial charge is 0.459 e. The summed E-state index contributed by atoms with van der Waals surface area (Å²) in [6.07, 6.45) is 9.20. The van der Waals surface area contributed by atoms with Crippen molar-refractivity contribution in [2.75, 3.05) is 20.7 Å². The summed E-state index contributed by atoms with van der Waals surface area (Å²) in [5, 5.41) is 13.9. The summed E-state index contributed by atoms with van der Waals surface area (Å²) in [4.78, 5) is 31.7. The van der Waals surface area contributed by atoms with Gasteiger partial charge in [-0.25, -0.2) is 24.5 Å². The van der Waals surface area contributed by atoms with Crippen molar-refractivity contribution in [3.05, 3.63) is 55.1 Å². The molecule has 1 aliphatic carbocycles. The third-order valence-electron chi connectivity index (χ3n) is 6.82. The van der Waals surface area contributed by atoms with Gasteiger partial charge in [0.05, 0.1) is 37.5 Å². The summed E-state index contributed by atoms with van der Waals surface area (Å²) >= 11 is 0. The van der Waals surface area contributed by atoms with E-state index in [1.807, 2.05) is 14.1 Å². The van der Waals surface area contributed by atoms with Crippen molar-refractivity contribution in [2.45, 2.75) is 51.5 Å². The molecule has 0 spiro atoms. The van der Waals surface area contributed by atoms with Gasteiger partial charge < -0.3 is 23.8 Å². The lowest BCUT2D eigenvalue weighted by Crippen LogP contribution is -2.39. The number of nitrogens with one attached hydrogen (secondary N) is 1. The average Bonchev–Trinajstić information content (AvgIpc) is 3.49. The molecular formula is C29H36N7O6P. The number of carbonyl (C=O) groups is 1. The first-order valence-electron chi connectivity index (χ1n) is 13.6. The van der Waals surface area contributed by atoms with Crippen LogP contribution in [0.25, 0.3) is 11.2 Å². The van der Waals surface area contributed by atoms with Crippen LogP contribution in [0.5, 0.6) is 5.75 Å². The predicted octanol–water partition coefficient (Wildman–Crippen LogP) is 3.66. The lowest BCUT2D eigenvalue weighted by molar-refractivity contribution is -0.149. The Morgan fingerprint density at radius 3 is 2.70 bits per heavy atom. The number of ether oxygens (including phenoxy) is 1. The third kappa shape index (κ3) is 6.95. The Morgan fingerprint density at radius 2 is 2.05 bits per heavy atom.